The molecule has 0 radical (unpaired) electrons. The molecule has 7 nitrogen and oxygen atoms in total. The normalized spacial score (nSPS) is 18.4. The Bertz CT molecular complexity index is 1510. The fourth-order valence-electron chi connectivity index (χ4n) is 4.60. The van der Waals surface area contributed by atoms with Gasteiger partial charge in [-0.25, -0.2) is 12.8 Å². The van der Waals surface area contributed by atoms with Crippen LogP contribution in [-0.2, 0) is 16.4 Å². The molecular weight excluding hydrogens is 536 g/mol. The summed E-state index contributed by atoms with van der Waals surface area (Å²) in [5.74, 6) is 5.95. The van der Waals surface area contributed by atoms with Crippen molar-refractivity contribution in [2.45, 2.75) is 36.3 Å². The molecule has 2 atom stereocenters. The number of piperidine rings is 1. The van der Waals surface area contributed by atoms with Crippen LogP contribution in [0.2, 0.25) is 0 Å². The van der Waals surface area contributed by atoms with E-state index in [0.717, 1.165) is 10.8 Å². The van der Waals surface area contributed by atoms with E-state index in [1.807, 2.05) is 11.9 Å². The van der Waals surface area contributed by atoms with E-state index < -0.39 is 34.8 Å². The fourth-order valence-corrected chi connectivity index (χ4v) is 5.24. The monoisotopic (exact) mass is 566 g/mol. The van der Waals surface area contributed by atoms with Gasteiger partial charge in [0.1, 0.15) is 18.5 Å². The summed E-state index contributed by atoms with van der Waals surface area (Å²) >= 11 is 0. The van der Waals surface area contributed by atoms with Crippen molar-refractivity contribution in [1.82, 2.24) is 9.47 Å². The number of anilines is 2. The molecule has 1 saturated heterocycles. The lowest BCUT2D eigenvalue weighted by atomic mass is 10.0. The van der Waals surface area contributed by atoms with Gasteiger partial charge in [0.15, 0.2) is 9.84 Å². The van der Waals surface area contributed by atoms with Crippen LogP contribution in [0.4, 0.5) is 28.9 Å². The molecule has 39 heavy (non-hydrogen) atoms. The van der Waals surface area contributed by atoms with Gasteiger partial charge in [0.2, 0.25) is 0 Å². The zero-order chi connectivity index (χ0) is 28.4. The smallest absolute Gasteiger partial charge is 0.406 e. The third kappa shape index (κ3) is 6.96. The maximum atomic E-state index is 14.6. The van der Waals surface area contributed by atoms with Gasteiger partial charge in [-0.05, 0) is 49.7 Å². The van der Waals surface area contributed by atoms with E-state index in [1.54, 1.807) is 24.3 Å². The first-order valence-electron chi connectivity index (χ1n) is 12.2. The molecule has 0 spiro atoms. The average Bonchev–Trinajstić information content (AvgIpc) is 3.19. The number of halogens is 4. The highest BCUT2D eigenvalue weighted by Gasteiger charge is 2.31. The largest absolute Gasteiger partial charge is 0.495 e. The van der Waals surface area contributed by atoms with Crippen molar-refractivity contribution in [3.05, 3.63) is 48.2 Å². The average molecular weight is 567 g/mol. The summed E-state index contributed by atoms with van der Waals surface area (Å²) < 4.78 is 85.1. The van der Waals surface area contributed by atoms with Crippen molar-refractivity contribution in [3.63, 3.8) is 0 Å². The van der Waals surface area contributed by atoms with Gasteiger partial charge in [0.25, 0.3) is 0 Å². The first kappa shape index (κ1) is 28.6. The summed E-state index contributed by atoms with van der Waals surface area (Å²) in [6.45, 7) is -0.159. The van der Waals surface area contributed by atoms with Gasteiger partial charge in [-0.2, -0.15) is 13.2 Å². The molecule has 1 fully saturated rings. The van der Waals surface area contributed by atoms with E-state index >= 15 is 0 Å². The second-order valence-electron chi connectivity index (χ2n) is 9.58. The van der Waals surface area contributed by atoms with Crippen LogP contribution in [0.5, 0.6) is 5.75 Å². The summed E-state index contributed by atoms with van der Waals surface area (Å²) in [4.78, 5) is 2.00. The highest BCUT2D eigenvalue weighted by Crippen LogP contribution is 2.32. The Hall–Kier alpha value is -3.43. The minimum absolute atomic E-state index is 0.0619. The molecule has 0 bridgehead atoms. The van der Waals surface area contributed by atoms with Crippen molar-refractivity contribution in [2.24, 2.45) is 0 Å². The Morgan fingerprint density at radius 3 is 2.59 bits per heavy atom. The molecule has 3 aromatic rings. The number of hydrogen-bond acceptors (Lipinski definition) is 6. The lowest BCUT2D eigenvalue weighted by Gasteiger charge is -2.33. The van der Waals surface area contributed by atoms with E-state index in [1.165, 1.54) is 25.3 Å². The molecular formula is C27H30F4N4O3S. The van der Waals surface area contributed by atoms with Crippen molar-refractivity contribution >= 4 is 32.1 Å². The van der Waals surface area contributed by atoms with E-state index in [-0.39, 0.29) is 23.7 Å². The number of alkyl halides is 4. The fraction of sp³-hybridized carbons (Fsp3) is 0.407. The van der Waals surface area contributed by atoms with Crippen molar-refractivity contribution < 1.29 is 30.7 Å². The summed E-state index contributed by atoms with van der Waals surface area (Å²) in [6, 6.07) is 10.5. The maximum Gasteiger partial charge on any atom is 0.406 e. The Labute approximate surface area is 225 Å². The number of ether oxygens (including phenoxy) is 1. The van der Waals surface area contributed by atoms with Crippen molar-refractivity contribution in [1.29, 1.82) is 0 Å². The van der Waals surface area contributed by atoms with Crippen LogP contribution in [0, 0.1) is 11.8 Å². The second-order valence-corrected chi connectivity index (χ2v) is 11.6. The van der Waals surface area contributed by atoms with Gasteiger partial charge in [-0.15, -0.1) is 0 Å². The van der Waals surface area contributed by atoms with Crippen LogP contribution < -0.4 is 15.4 Å². The van der Waals surface area contributed by atoms with E-state index in [2.05, 4.69) is 22.5 Å². The van der Waals surface area contributed by atoms with Gasteiger partial charge < -0.3 is 24.8 Å². The molecule has 12 heteroatoms. The number of nitrogens with zero attached hydrogens (tertiary/aromatic N) is 2. The highest BCUT2D eigenvalue weighted by atomic mass is 32.2. The van der Waals surface area contributed by atoms with Gasteiger partial charge in [-0.1, -0.05) is 12.0 Å². The van der Waals surface area contributed by atoms with Crippen LogP contribution >= 0.6 is 0 Å². The predicted octanol–water partition coefficient (Wildman–Crippen LogP) is 4.53. The Morgan fingerprint density at radius 1 is 1.15 bits per heavy atom. The number of likely N-dealkylation sites (tertiary alicyclic amines) is 1. The van der Waals surface area contributed by atoms with Crippen LogP contribution in [-0.4, -0.2) is 76.3 Å². The topological polar surface area (TPSA) is 75.6 Å². The molecule has 2 aromatic carbocycles. The summed E-state index contributed by atoms with van der Waals surface area (Å²) in [7, 11) is -0.176. The van der Waals surface area contributed by atoms with Crippen molar-refractivity contribution in [2.75, 3.05) is 50.7 Å². The first-order valence-corrected chi connectivity index (χ1v) is 14.1. The molecule has 4 rings (SSSR count). The number of aromatic nitrogens is 1. The Kier molecular flexibility index (Phi) is 8.32. The lowest BCUT2D eigenvalue weighted by Crippen LogP contribution is -2.46. The number of hydrogen-bond donors (Lipinski definition) is 2. The third-order valence-corrected chi connectivity index (χ3v) is 7.66. The molecule has 0 saturated carbocycles. The SMILES string of the molecule is COc1cc(S(C)(=O)=O)ccc1NCC#Cc1cc2c(N[C@@H]3CCN(C)C[C@@H]3F)cccc2n1CC(F)(F)F. The molecule has 1 aromatic heterocycles. The number of sulfone groups is 1. The number of benzene rings is 2. The van der Waals surface area contributed by atoms with E-state index in [0.29, 0.717) is 41.0 Å². The Balaban J connectivity index is 1.61. The summed E-state index contributed by atoms with van der Waals surface area (Å²) in [5.41, 5.74) is 1.55. The molecule has 1 aliphatic rings. The van der Waals surface area contributed by atoms with Crippen LogP contribution in [0.1, 0.15) is 12.1 Å². The molecule has 0 amide bonds. The molecule has 0 unspecified atom stereocenters. The van der Waals surface area contributed by atoms with Crippen LogP contribution in [0.15, 0.2) is 47.4 Å². The van der Waals surface area contributed by atoms with E-state index in [4.69, 9.17) is 4.74 Å². The minimum Gasteiger partial charge on any atom is -0.495 e. The maximum absolute atomic E-state index is 14.6. The molecule has 2 heterocycles. The van der Waals surface area contributed by atoms with Crippen LogP contribution in [0.3, 0.4) is 0 Å². The Morgan fingerprint density at radius 2 is 1.92 bits per heavy atom. The molecule has 2 N–H and O–H groups in total. The zero-order valence-electron chi connectivity index (χ0n) is 21.8. The quantitative estimate of drug-likeness (QED) is 0.323. The molecule has 0 aliphatic carbocycles. The summed E-state index contributed by atoms with van der Waals surface area (Å²) in [5, 5.41) is 6.74. The summed E-state index contributed by atoms with van der Waals surface area (Å²) in [6.07, 6.45) is -3.92. The molecule has 1 aliphatic heterocycles. The van der Waals surface area contributed by atoms with Crippen molar-refractivity contribution in [3.8, 4) is 17.6 Å². The van der Waals surface area contributed by atoms with E-state index in [9.17, 15) is 26.0 Å². The second kappa shape index (κ2) is 11.4. The molecule has 210 valence electrons. The predicted molar refractivity (Wildman–Crippen MR) is 144 cm³/mol. The first-order chi connectivity index (χ1) is 18.4. The highest BCUT2D eigenvalue weighted by molar-refractivity contribution is 7.90. The lowest BCUT2D eigenvalue weighted by molar-refractivity contribution is -0.140. The van der Waals surface area contributed by atoms with Gasteiger partial charge in [-0.3, -0.25) is 0 Å². The van der Waals surface area contributed by atoms with Gasteiger partial charge in [0, 0.05) is 36.5 Å². The number of methoxy groups -OCH3 is 1. The number of fused-ring (bicyclic) bond motifs is 1. The number of nitrogens with one attached hydrogen (secondary N) is 2. The van der Waals surface area contributed by atoms with Crippen LogP contribution in [0.25, 0.3) is 10.9 Å². The minimum atomic E-state index is -4.48. The zero-order valence-corrected chi connectivity index (χ0v) is 22.6. The van der Waals surface area contributed by atoms with Gasteiger partial charge >= 0.3 is 6.18 Å². The number of rotatable bonds is 7. The van der Waals surface area contributed by atoms with Gasteiger partial charge in [0.05, 0.1) is 41.5 Å². The standard InChI is InChI=1S/C27H30F4N4O3S/c1-34-13-11-23(21(28)16-34)33-22-7-4-8-25-20(22)14-18(35(25)17-27(29,30)31)6-5-12-32-24-10-9-19(39(3,36)37)15-26(24)38-2/h4,7-10,14-15,21,23,32-33H,11-13,16-17H2,1-3H3/t21-,23+/m0/s1. The third-order valence-electron chi connectivity index (χ3n) is 6.55.